The number of carboxylic acid groups (broad SMARTS) is 1. The number of nitro benzene ring substituents is 1. The number of carbonyl (C=O) groups is 3. The van der Waals surface area contributed by atoms with E-state index in [0.717, 1.165) is 18.2 Å². The van der Waals surface area contributed by atoms with Crippen molar-refractivity contribution in [2.24, 2.45) is 0 Å². The molecule has 198 valence electrons. The molecule has 0 aliphatic carbocycles. The molecular formula is C21H27N3O12. The molecule has 0 aromatic heterocycles. The van der Waals surface area contributed by atoms with Gasteiger partial charge in [0.2, 0.25) is 12.2 Å². The Morgan fingerprint density at radius 2 is 1.89 bits per heavy atom. The SMILES string of the molecule is O=C(NCCC(=O)N1CCC[C@@H]1C(=O)O)c1cc(O[C@H]2O[C@H](CO)[C@H](O)[C@H](O)[C@H]2O)cc([N+](=O)[O-])c1. The van der Waals surface area contributed by atoms with Crippen LogP contribution in [0.3, 0.4) is 0 Å². The fourth-order valence-electron chi connectivity index (χ4n) is 4.04. The first-order valence-corrected chi connectivity index (χ1v) is 11.1. The lowest BCUT2D eigenvalue weighted by Gasteiger charge is -2.39. The summed E-state index contributed by atoms with van der Waals surface area (Å²) in [5.74, 6) is -2.63. The van der Waals surface area contributed by atoms with Gasteiger partial charge in [0, 0.05) is 31.1 Å². The normalized spacial score (nSPS) is 27.9. The van der Waals surface area contributed by atoms with Gasteiger partial charge in [-0.05, 0) is 18.9 Å². The van der Waals surface area contributed by atoms with E-state index in [2.05, 4.69) is 5.32 Å². The van der Waals surface area contributed by atoms with Crippen LogP contribution in [0, 0.1) is 10.1 Å². The highest BCUT2D eigenvalue weighted by molar-refractivity contribution is 5.95. The Morgan fingerprint density at radius 3 is 2.53 bits per heavy atom. The van der Waals surface area contributed by atoms with Crippen LogP contribution in [0.2, 0.25) is 0 Å². The van der Waals surface area contributed by atoms with Crippen molar-refractivity contribution in [3.63, 3.8) is 0 Å². The summed E-state index contributed by atoms with van der Waals surface area (Å²) >= 11 is 0. The van der Waals surface area contributed by atoms with Crippen LogP contribution in [-0.4, -0.2) is 110 Å². The predicted octanol–water partition coefficient (Wildman–Crippen LogP) is -2.03. The first kappa shape index (κ1) is 27.2. The Labute approximate surface area is 204 Å². The Bertz CT molecular complexity index is 1000. The Balaban J connectivity index is 1.67. The van der Waals surface area contributed by atoms with Gasteiger partial charge in [-0.3, -0.25) is 19.7 Å². The fourth-order valence-corrected chi connectivity index (χ4v) is 4.04. The van der Waals surface area contributed by atoms with E-state index in [-0.39, 0.29) is 24.3 Å². The predicted molar refractivity (Wildman–Crippen MR) is 117 cm³/mol. The summed E-state index contributed by atoms with van der Waals surface area (Å²) in [6.45, 7) is -0.573. The smallest absolute Gasteiger partial charge is 0.326 e. The number of rotatable bonds is 9. The van der Waals surface area contributed by atoms with Crippen molar-refractivity contribution in [2.75, 3.05) is 19.7 Å². The molecule has 2 heterocycles. The molecule has 15 nitrogen and oxygen atoms in total. The van der Waals surface area contributed by atoms with Crippen LogP contribution in [-0.2, 0) is 14.3 Å². The van der Waals surface area contributed by atoms with Crippen molar-refractivity contribution in [2.45, 2.75) is 56.0 Å². The maximum Gasteiger partial charge on any atom is 0.326 e. The number of benzene rings is 1. The molecule has 15 heteroatoms. The molecule has 2 saturated heterocycles. The monoisotopic (exact) mass is 513 g/mol. The minimum Gasteiger partial charge on any atom is -0.480 e. The number of aliphatic hydroxyl groups is 4. The van der Waals surface area contributed by atoms with Crippen LogP contribution in [0.25, 0.3) is 0 Å². The zero-order valence-electron chi connectivity index (χ0n) is 18.9. The zero-order valence-corrected chi connectivity index (χ0v) is 18.9. The molecule has 2 aliphatic heterocycles. The lowest BCUT2D eigenvalue weighted by Crippen LogP contribution is -2.60. The van der Waals surface area contributed by atoms with Gasteiger partial charge in [0.05, 0.1) is 17.6 Å². The number of carbonyl (C=O) groups excluding carboxylic acids is 2. The standard InChI is InChI=1S/C21H27N3O12/c25-9-14-16(27)17(28)18(29)21(36-14)35-12-7-10(6-11(8-12)24(33)34)19(30)22-4-3-15(26)23-5-1-2-13(23)20(31)32/h6-8,13-14,16-18,21,25,27-29H,1-5,9H2,(H,22,30)(H,31,32)/t13-,14-,16+,17+,18-,21+/m1/s1. The van der Waals surface area contributed by atoms with Crippen LogP contribution in [0.1, 0.15) is 29.6 Å². The Kier molecular flexibility index (Phi) is 8.75. The summed E-state index contributed by atoms with van der Waals surface area (Å²) in [7, 11) is 0. The molecule has 0 radical (unpaired) electrons. The van der Waals surface area contributed by atoms with E-state index < -0.39 is 71.7 Å². The number of ether oxygens (including phenoxy) is 2. The molecule has 36 heavy (non-hydrogen) atoms. The summed E-state index contributed by atoms with van der Waals surface area (Å²) in [5.41, 5.74) is -0.763. The lowest BCUT2D eigenvalue weighted by molar-refractivity contribution is -0.385. The van der Waals surface area contributed by atoms with E-state index in [1.54, 1.807) is 0 Å². The Morgan fingerprint density at radius 1 is 1.17 bits per heavy atom. The molecule has 2 aliphatic rings. The van der Waals surface area contributed by atoms with Crippen LogP contribution < -0.4 is 10.1 Å². The summed E-state index contributed by atoms with van der Waals surface area (Å²) < 4.78 is 10.6. The number of carboxylic acids is 1. The summed E-state index contributed by atoms with van der Waals surface area (Å²) in [4.78, 5) is 48.0. The van der Waals surface area contributed by atoms with Gasteiger partial charge in [-0.1, -0.05) is 0 Å². The summed E-state index contributed by atoms with van der Waals surface area (Å²) in [6, 6.07) is 2.10. The highest BCUT2D eigenvalue weighted by Crippen LogP contribution is 2.28. The lowest BCUT2D eigenvalue weighted by atomic mass is 9.99. The van der Waals surface area contributed by atoms with E-state index in [9.17, 15) is 50.0 Å². The Hall–Kier alpha value is -3.37. The first-order valence-electron chi connectivity index (χ1n) is 11.1. The quantitative estimate of drug-likeness (QED) is 0.155. The molecule has 2 fully saturated rings. The molecule has 0 bridgehead atoms. The maximum absolute atomic E-state index is 12.6. The van der Waals surface area contributed by atoms with Crippen LogP contribution in [0.4, 0.5) is 5.69 Å². The number of hydrogen-bond acceptors (Lipinski definition) is 11. The van der Waals surface area contributed by atoms with Gasteiger partial charge in [-0.25, -0.2) is 4.79 Å². The number of aliphatic hydroxyl groups excluding tert-OH is 4. The van der Waals surface area contributed by atoms with E-state index in [1.165, 1.54) is 4.90 Å². The van der Waals surface area contributed by atoms with E-state index in [0.29, 0.717) is 19.4 Å². The maximum atomic E-state index is 12.6. The topological polar surface area (TPSA) is 229 Å². The number of nitro groups is 1. The third-order valence-electron chi connectivity index (χ3n) is 5.95. The minimum absolute atomic E-state index is 0.161. The average molecular weight is 513 g/mol. The van der Waals surface area contributed by atoms with Gasteiger partial charge < -0.3 is 45.2 Å². The molecule has 0 unspecified atom stereocenters. The van der Waals surface area contributed by atoms with E-state index in [4.69, 9.17) is 9.47 Å². The van der Waals surface area contributed by atoms with E-state index in [1.807, 2.05) is 0 Å². The van der Waals surface area contributed by atoms with Crippen molar-refractivity contribution < 1.29 is 54.3 Å². The van der Waals surface area contributed by atoms with Crippen molar-refractivity contribution in [3.05, 3.63) is 33.9 Å². The van der Waals surface area contributed by atoms with Crippen molar-refractivity contribution >= 4 is 23.5 Å². The van der Waals surface area contributed by atoms with Crippen LogP contribution >= 0.6 is 0 Å². The molecular weight excluding hydrogens is 486 g/mol. The van der Waals surface area contributed by atoms with Crippen LogP contribution in [0.5, 0.6) is 5.75 Å². The molecule has 0 saturated carbocycles. The second-order valence-electron chi connectivity index (χ2n) is 8.38. The van der Waals surface area contributed by atoms with Crippen LogP contribution in [0.15, 0.2) is 18.2 Å². The van der Waals surface area contributed by atoms with Crippen molar-refractivity contribution in [1.29, 1.82) is 0 Å². The van der Waals surface area contributed by atoms with Gasteiger partial charge in [-0.2, -0.15) is 0 Å². The number of nitrogens with one attached hydrogen (secondary N) is 1. The summed E-state index contributed by atoms with van der Waals surface area (Å²) in [6.07, 6.45) is -7.33. The van der Waals surface area contributed by atoms with Gasteiger partial charge in [0.1, 0.15) is 36.2 Å². The number of amides is 2. The summed E-state index contributed by atoms with van der Waals surface area (Å²) in [5, 5.41) is 62.1. The van der Waals surface area contributed by atoms with Gasteiger partial charge in [0.25, 0.3) is 11.6 Å². The number of hydrogen-bond donors (Lipinski definition) is 6. The molecule has 6 atom stereocenters. The minimum atomic E-state index is -1.77. The number of likely N-dealkylation sites (tertiary alicyclic amines) is 1. The number of non-ortho nitro benzene ring substituents is 1. The number of aliphatic carboxylic acids is 1. The highest BCUT2D eigenvalue weighted by Gasteiger charge is 2.45. The highest BCUT2D eigenvalue weighted by atomic mass is 16.7. The number of nitrogens with zero attached hydrogens (tertiary/aromatic N) is 2. The first-order chi connectivity index (χ1) is 17.0. The molecule has 2 amide bonds. The second-order valence-corrected chi connectivity index (χ2v) is 8.38. The third-order valence-corrected chi connectivity index (χ3v) is 5.95. The van der Waals surface area contributed by atoms with Gasteiger partial charge >= 0.3 is 5.97 Å². The zero-order chi connectivity index (χ0) is 26.6. The van der Waals surface area contributed by atoms with E-state index >= 15 is 0 Å². The molecule has 1 aromatic carbocycles. The second kappa shape index (κ2) is 11.6. The largest absolute Gasteiger partial charge is 0.480 e. The molecule has 6 N–H and O–H groups in total. The van der Waals surface area contributed by atoms with Crippen molar-refractivity contribution in [3.8, 4) is 5.75 Å². The molecule has 3 rings (SSSR count). The van der Waals surface area contributed by atoms with Gasteiger partial charge in [-0.15, -0.1) is 0 Å². The van der Waals surface area contributed by atoms with Gasteiger partial charge in [0.15, 0.2) is 0 Å². The third kappa shape index (κ3) is 6.06. The molecule has 0 spiro atoms. The fraction of sp³-hybridized carbons (Fsp3) is 0.571. The molecule has 1 aromatic rings. The average Bonchev–Trinajstić information content (AvgIpc) is 3.34. The van der Waals surface area contributed by atoms with Crippen molar-refractivity contribution in [1.82, 2.24) is 10.2 Å².